The van der Waals surface area contributed by atoms with Crippen LogP contribution in [0.15, 0.2) is 42.7 Å². The van der Waals surface area contributed by atoms with Crippen molar-refractivity contribution in [2.45, 2.75) is 49.7 Å². The van der Waals surface area contributed by atoms with Crippen LogP contribution in [0.5, 0.6) is 0 Å². The van der Waals surface area contributed by atoms with Crippen LogP contribution >= 0.6 is 23.4 Å². The molecule has 2 aromatic rings. The first-order valence-corrected chi connectivity index (χ1v) is 10.2. The second-order valence-corrected chi connectivity index (χ2v) is 8.33. The average Bonchev–Trinajstić information content (AvgIpc) is 3.25. The zero-order chi connectivity index (χ0) is 16.4. The molecule has 2 heterocycles. The number of imidazole rings is 1. The number of benzene rings is 1. The molecule has 0 bridgehead atoms. The van der Waals surface area contributed by atoms with Crippen molar-refractivity contribution >= 4 is 23.4 Å². The van der Waals surface area contributed by atoms with E-state index in [0.717, 1.165) is 12.3 Å². The van der Waals surface area contributed by atoms with Crippen molar-refractivity contribution in [3.8, 4) is 0 Å². The van der Waals surface area contributed by atoms with E-state index >= 15 is 0 Å². The number of aromatic nitrogens is 2. The van der Waals surface area contributed by atoms with Crippen molar-refractivity contribution in [3.05, 3.63) is 53.6 Å². The monoisotopic (exact) mass is 362 g/mol. The summed E-state index contributed by atoms with van der Waals surface area (Å²) in [7, 11) is 0. The van der Waals surface area contributed by atoms with E-state index in [1.54, 1.807) is 6.20 Å². The summed E-state index contributed by atoms with van der Waals surface area (Å²) in [6.45, 7) is 0.771. The molecule has 0 N–H and O–H groups in total. The van der Waals surface area contributed by atoms with Gasteiger partial charge in [0.1, 0.15) is 4.93 Å². The van der Waals surface area contributed by atoms with Crippen molar-refractivity contribution in [3.63, 3.8) is 0 Å². The maximum Gasteiger partial charge on any atom is 0.202 e. The van der Waals surface area contributed by atoms with Crippen molar-refractivity contribution < 1.29 is 4.74 Å². The first kappa shape index (κ1) is 16.5. The average molecular weight is 363 g/mol. The van der Waals surface area contributed by atoms with E-state index < -0.39 is 0 Å². The molecule has 2 fully saturated rings. The minimum Gasteiger partial charge on any atom is -0.354 e. The predicted octanol–water partition coefficient (Wildman–Crippen LogP) is 5.10. The van der Waals surface area contributed by atoms with Gasteiger partial charge in [-0.25, -0.2) is 4.98 Å². The normalized spacial score (nSPS) is 28.3. The van der Waals surface area contributed by atoms with E-state index in [9.17, 15) is 0 Å². The molecule has 0 unspecified atom stereocenters. The van der Waals surface area contributed by atoms with Gasteiger partial charge in [0.05, 0.1) is 12.6 Å². The van der Waals surface area contributed by atoms with Crippen LogP contribution in [0, 0.1) is 5.92 Å². The van der Waals surface area contributed by atoms with Gasteiger partial charge >= 0.3 is 0 Å². The second kappa shape index (κ2) is 7.11. The van der Waals surface area contributed by atoms with Crippen LogP contribution in [0.4, 0.5) is 0 Å². The van der Waals surface area contributed by atoms with Gasteiger partial charge in [-0.1, -0.05) is 49.6 Å². The number of hydrogen-bond acceptors (Lipinski definition) is 3. The summed E-state index contributed by atoms with van der Waals surface area (Å²) in [4.78, 5) is 3.91. The van der Waals surface area contributed by atoms with Gasteiger partial charge in [0.25, 0.3) is 0 Å². The van der Waals surface area contributed by atoms with E-state index in [1.807, 2.05) is 22.5 Å². The molecule has 2 atom stereocenters. The summed E-state index contributed by atoms with van der Waals surface area (Å²) in [5, 5.41) is 0.540. The topological polar surface area (TPSA) is 27.1 Å². The fraction of sp³-hybridized carbons (Fsp3) is 0.526. The van der Waals surface area contributed by atoms with Crippen LogP contribution in [0.1, 0.15) is 37.7 Å². The molecule has 1 aliphatic heterocycles. The lowest BCUT2D eigenvalue weighted by Crippen LogP contribution is -2.35. The molecule has 0 amide bonds. The van der Waals surface area contributed by atoms with Crippen LogP contribution in [0.3, 0.4) is 0 Å². The summed E-state index contributed by atoms with van der Waals surface area (Å²) in [6, 6.07) is 10.8. The number of thioether (sulfide) groups is 1. The van der Waals surface area contributed by atoms with E-state index in [4.69, 9.17) is 16.3 Å². The van der Waals surface area contributed by atoms with Gasteiger partial charge in [0, 0.05) is 24.1 Å². The van der Waals surface area contributed by atoms with Crippen molar-refractivity contribution in [2.24, 2.45) is 5.92 Å². The molecule has 2 aliphatic rings. The Morgan fingerprint density at radius 1 is 1.21 bits per heavy atom. The van der Waals surface area contributed by atoms with Crippen LogP contribution in [0.25, 0.3) is 0 Å². The fourth-order valence-corrected chi connectivity index (χ4v) is 5.81. The SMILES string of the molecule is Clc1nccn1C[C@@H]1CS[C@@](c2ccccc2)(C2CCCCC2)O1. The Kier molecular flexibility index (Phi) is 4.88. The third-order valence-electron chi connectivity index (χ3n) is 5.21. The number of hydrogen-bond donors (Lipinski definition) is 0. The Balaban J connectivity index is 1.59. The lowest BCUT2D eigenvalue weighted by molar-refractivity contribution is -0.0610. The molecule has 1 saturated carbocycles. The standard InChI is InChI=1S/C19H23ClN2OS/c20-18-21-11-12-22(18)13-17-14-24-19(23-17,15-7-3-1-4-8-15)16-9-5-2-6-10-16/h1,3-4,7-8,11-12,16-17H,2,5-6,9-10,13-14H2/t17-,19+/m1/s1. The third kappa shape index (κ3) is 3.12. The highest BCUT2D eigenvalue weighted by Crippen LogP contribution is 2.54. The molecule has 4 rings (SSSR count). The van der Waals surface area contributed by atoms with Gasteiger partial charge in [-0.2, -0.15) is 0 Å². The molecule has 128 valence electrons. The lowest BCUT2D eigenvalue weighted by Gasteiger charge is -2.39. The predicted molar refractivity (Wildman–Crippen MR) is 99.3 cm³/mol. The van der Waals surface area contributed by atoms with E-state index in [2.05, 4.69) is 35.3 Å². The molecule has 3 nitrogen and oxygen atoms in total. The summed E-state index contributed by atoms with van der Waals surface area (Å²) in [5.74, 6) is 1.60. The van der Waals surface area contributed by atoms with Crippen molar-refractivity contribution in [1.29, 1.82) is 0 Å². The maximum atomic E-state index is 6.76. The van der Waals surface area contributed by atoms with Gasteiger partial charge in [-0.05, 0) is 30.0 Å². The summed E-state index contributed by atoms with van der Waals surface area (Å²) >= 11 is 8.13. The van der Waals surface area contributed by atoms with Gasteiger partial charge < -0.3 is 9.30 Å². The minimum absolute atomic E-state index is 0.170. The fourth-order valence-electron chi connectivity index (χ4n) is 4.04. The first-order valence-electron chi connectivity index (χ1n) is 8.82. The Hall–Kier alpha value is -0.970. The molecule has 1 aromatic heterocycles. The summed E-state index contributed by atoms with van der Waals surface area (Å²) in [5.41, 5.74) is 1.32. The highest BCUT2D eigenvalue weighted by Gasteiger charge is 2.48. The van der Waals surface area contributed by atoms with Gasteiger partial charge in [-0.3, -0.25) is 0 Å². The molecule has 0 spiro atoms. The zero-order valence-corrected chi connectivity index (χ0v) is 15.3. The largest absolute Gasteiger partial charge is 0.354 e. The van der Waals surface area contributed by atoms with Crippen LogP contribution < -0.4 is 0 Å². The molecule has 1 aromatic carbocycles. The Bertz CT molecular complexity index is 671. The maximum absolute atomic E-state index is 6.76. The van der Waals surface area contributed by atoms with Crippen molar-refractivity contribution in [2.75, 3.05) is 5.75 Å². The van der Waals surface area contributed by atoms with Crippen LogP contribution in [0.2, 0.25) is 5.28 Å². The lowest BCUT2D eigenvalue weighted by atomic mass is 9.82. The van der Waals surface area contributed by atoms with Gasteiger partial charge in [-0.15, -0.1) is 11.8 Å². The highest BCUT2D eigenvalue weighted by atomic mass is 35.5. The number of nitrogens with zero attached hydrogens (tertiary/aromatic N) is 2. The second-order valence-electron chi connectivity index (χ2n) is 6.77. The molecule has 1 saturated heterocycles. The van der Waals surface area contributed by atoms with E-state index in [-0.39, 0.29) is 11.0 Å². The number of rotatable bonds is 4. The summed E-state index contributed by atoms with van der Waals surface area (Å²) in [6.07, 6.45) is 10.4. The van der Waals surface area contributed by atoms with E-state index in [1.165, 1.54) is 37.7 Å². The van der Waals surface area contributed by atoms with E-state index in [0.29, 0.717) is 11.2 Å². The highest BCUT2D eigenvalue weighted by molar-refractivity contribution is 8.00. The molecular weight excluding hydrogens is 340 g/mol. The number of halogens is 1. The van der Waals surface area contributed by atoms with Gasteiger partial charge in [0.2, 0.25) is 5.28 Å². The molecule has 0 radical (unpaired) electrons. The Morgan fingerprint density at radius 3 is 2.71 bits per heavy atom. The molecular formula is C19H23ClN2OS. The zero-order valence-electron chi connectivity index (χ0n) is 13.7. The molecule has 24 heavy (non-hydrogen) atoms. The Morgan fingerprint density at radius 2 is 2.00 bits per heavy atom. The minimum atomic E-state index is -0.195. The van der Waals surface area contributed by atoms with Gasteiger partial charge in [0.15, 0.2) is 0 Å². The Labute approximate surface area is 152 Å². The smallest absolute Gasteiger partial charge is 0.202 e. The third-order valence-corrected chi connectivity index (χ3v) is 7.16. The van der Waals surface area contributed by atoms with Crippen LogP contribution in [-0.4, -0.2) is 21.4 Å². The molecule has 1 aliphatic carbocycles. The molecule has 5 heteroatoms. The van der Waals surface area contributed by atoms with Crippen LogP contribution in [-0.2, 0) is 16.2 Å². The number of ether oxygens (including phenoxy) is 1. The quantitative estimate of drug-likeness (QED) is 0.756. The first-order chi connectivity index (χ1) is 11.8. The van der Waals surface area contributed by atoms with Crippen molar-refractivity contribution in [1.82, 2.24) is 9.55 Å². The summed E-state index contributed by atoms with van der Waals surface area (Å²) < 4.78 is 8.74.